The average Bonchev–Trinajstić information content (AvgIpc) is 2.60. The highest BCUT2D eigenvalue weighted by Gasteiger charge is 2.50. The summed E-state index contributed by atoms with van der Waals surface area (Å²) in [5.74, 6) is -3.76. The number of hydrogen-bond acceptors (Lipinski definition) is 5. The maximum atomic E-state index is 13.6. The van der Waals surface area contributed by atoms with Crippen LogP contribution in [0, 0.1) is 11.7 Å². The lowest BCUT2D eigenvalue weighted by Gasteiger charge is -2.20. The fourth-order valence-electron chi connectivity index (χ4n) is 1.96. The van der Waals surface area contributed by atoms with Crippen LogP contribution in [-0.2, 0) is 9.53 Å². The Morgan fingerprint density at radius 3 is 2.79 bits per heavy atom. The van der Waals surface area contributed by atoms with Crippen molar-refractivity contribution in [3.8, 4) is 0 Å². The van der Waals surface area contributed by atoms with Gasteiger partial charge in [0.2, 0.25) is 0 Å². The van der Waals surface area contributed by atoms with Crippen LogP contribution in [0.3, 0.4) is 0 Å². The average molecular weight is 332 g/mol. The number of ether oxygens (including phenoxy) is 1. The fourth-order valence-corrected chi connectivity index (χ4v) is 2.31. The number of nitrogens with two attached hydrogens (primary N) is 1. The maximum Gasteiger partial charge on any atom is 0.320 e. The largest absolute Gasteiger partial charge is 0.462 e. The van der Waals surface area contributed by atoms with Crippen LogP contribution in [0.4, 0.5) is 10.1 Å². The molecule has 0 amide bonds. The predicted molar refractivity (Wildman–Crippen MR) is 67.9 cm³/mol. The van der Waals surface area contributed by atoms with Gasteiger partial charge in [0.25, 0.3) is 0 Å². The van der Waals surface area contributed by atoms with E-state index in [9.17, 15) is 19.1 Å². The van der Waals surface area contributed by atoms with Crippen LogP contribution in [0.2, 0.25) is 0 Å². The number of esters is 1. The van der Waals surface area contributed by atoms with Gasteiger partial charge < -0.3 is 15.6 Å². The second-order valence-corrected chi connectivity index (χ2v) is 5.44. The van der Waals surface area contributed by atoms with E-state index in [-0.39, 0.29) is 22.3 Å². The number of aliphatic hydroxyl groups is 1. The number of nitrogen functional groups attached to an aromatic ring is 1. The fraction of sp³-hybridized carbons (Fsp3) is 0.333. The van der Waals surface area contributed by atoms with E-state index < -0.39 is 29.1 Å². The van der Waals surface area contributed by atoms with E-state index in [2.05, 4.69) is 20.7 Å². The molecule has 0 aromatic heterocycles. The third kappa shape index (κ3) is 2.23. The van der Waals surface area contributed by atoms with E-state index in [1.54, 1.807) is 0 Å². The zero-order chi connectivity index (χ0) is 14.4. The van der Waals surface area contributed by atoms with Crippen molar-refractivity contribution in [2.45, 2.75) is 12.5 Å². The van der Waals surface area contributed by atoms with Crippen LogP contribution in [0.15, 0.2) is 16.6 Å². The van der Waals surface area contributed by atoms with Gasteiger partial charge in [0, 0.05) is 5.56 Å². The molecule has 102 valence electrons. The monoisotopic (exact) mass is 331 g/mol. The van der Waals surface area contributed by atoms with Crippen LogP contribution in [0.1, 0.15) is 17.3 Å². The van der Waals surface area contributed by atoms with Gasteiger partial charge in [0.1, 0.15) is 12.2 Å². The highest BCUT2D eigenvalue weighted by atomic mass is 79.9. The Morgan fingerprint density at radius 1 is 1.63 bits per heavy atom. The molecule has 0 saturated carbocycles. The molecule has 1 aliphatic heterocycles. The Hall–Kier alpha value is -1.47. The Kier molecular flexibility index (Phi) is 3.36. The summed E-state index contributed by atoms with van der Waals surface area (Å²) in [6.07, 6.45) is 0. The van der Waals surface area contributed by atoms with E-state index in [1.807, 2.05) is 0 Å². The summed E-state index contributed by atoms with van der Waals surface area (Å²) in [4.78, 5) is 23.8. The van der Waals surface area contributed by atoms with Crippen molar-refractivity contribution in [3.05, 3.63) is 28.0 Å². The van der Waals surface area contributed by atoms with Gasteiger partial charge in [-0.25, -0.2) is 4.39 Å². The summed E-state index contributed by atoms with van der Waals surface area (Å²) in [7, 11) is 0. The number of anilines is 1. The van der Waals surface area contributed by atoms with Crippen LogP contribution in [-0.4, -0.2) is 29.1 Å². The number of halogens is 2. The lowest BCUT2D eigenvalue weighted by atomic mass is 9.85. The smallest absolute Gasteiger partial charge is 0.320 e. The molecule has 1 fully saturated rings. The number of hydrogen-bond donors (Lipinski definition) is 2. The molecule has 2 atom stereocenters. The molecule has 1 aromatic rings. The van der Waals surface area contributed by atoms with Crippen molar-refractivity contribution in [2.75, 3.05) is 12.3 Å². The van der Waals surface area contributed by atoms with Gasteiger partial charge in [-0.2, -0.15) is 0 Å². The Morgan fingerprint density at radius 2 is 2.26 bits per heavy atom. The van der Waals surface area contributed by atoms with Crippen molar-refractivity contribution >= 4 is 33.4 Å². The molecule has 0 radical (unpaired) electrons. The van der Waals surface area contributed by atoms with Gasteiger partial charge in [-0.3, -0.25) is 9.59 Å². The first-order valence-electron chi connectivity index (χ1n) is 5.42. The number of Topliss-reactive ketones (excluding diaryl/α,β-unsaturated/α-hetero) is 1. The lowest BCUT2D eigenvalue weighted by Crippen LogP contribution is -2.40. The minimum absolute atomic E-state index is 0.113. The first kappa shape index (κ1) is 14.0. The molecule has 1 aliphatic rings. The van der Waals surface area contributed by atoms with Crippen molar-refractivity contribution in [1.82, 2.24) is 0 Å². The van der Waals surface area contributed by atoms with Crippen molar-refractivity contribution in [1.29, 1.82) is 0 Å². The van der Waals surface area contributed by atoms with Crippen LogP contribution < -0.4 is 5.73 Å². The normalized spacial score (nSPS) is 26.3. The maximum absolute atomic E-state index is 13.6. The zero-order valence-electron chi connectivity index (χ0n) is 9.94. The highest BCUT2D eigenvalue weighted by molar-refractivity contribution is 9.10. The zero-order valence-corrected chi connectivity index (χ0v) is 11.5. The molecule has 2 rings (SSSR count). The molecule has 5 nitrogen and oxygen atoms in total. The highest BCUT2D eigenvalue weighted by Crippen LogP contribution is 2.33. The Balaban J connectivity index is 2.46. The van der Waals surface area contributed by atoms with E-state index in [0.717, 1.165) is 0 Å². The third-order valence-electron chi connectivity index (χ3n) is 3.02. The van der Waals surface area contributed by atoms with Gasteiger partial charge in [-0.15, -0.1) is 0 Å². The minimum Gasteiger partial charge on any atom is -0.462 e. The molecular weight excluding hydrogens is 321 g/mol. The number of cyclic esters (lactones) is 1. The third-order valence-corrected chi connectivity index (χ3v) is 3.64. The minimum atomic E-state index is -1.62. The number of carbonyl (C=O) groups excluding carboxylic acids is 2. The van der Waals surface area contributed by atoms with Crippen LogP contribution in [0.5, 0.6) is 0 Å². The summed E-state index contributed by atoms with van der Waals surface area (Å²) in [5, 5.41) is 9.96. The Bertz CT molecular complexity index is 573. The molecule has 1 heterocycles. The second kappa shape index (κ2) is 4.57. The van der Waals surface area contributed by atoms with E-state index in [1.165, 1.54) is 19.1 Å². The van der Waals surface area contributed by atoms with Crippen molar-refractivity contribution in [2.24, 2.45) is 5.92 Å². The van der Waals surface area contributed by atoms with Crippen molar-refractivity contribution < 1.29 is 23.8 Å². The summed E-state index contributed by atoms with van der Waals surface area (Å²) in [5.41, 5.74) is 3.39. The Labute approximate surface area is 116 Å². The standard InChI is InChI=1S/C12H11BrFNO4/c1-12(18)4-19-11(17)7(12)10(16)5-2-3-6(13)8(14)9(5)15/h2-3,7,18H,4,15H2,1H3. The van der Waals surface area contributed by atoms with Gasteiger partial charge in [-0.1, -0.05) is 0 Å². The summed E-state index contributed by atoms with van der Waals surface area (Å²) in [6.45, 7) is 1.03. The summed E-state index contributed by atoms with van der Waals surface area (Å²) in [6, 6.07) is 2.61. The first-order valence-corrected chi connectivity index (χ1v) is 6.21. The summed E-state index contributed by atoms with van der Waals surface area (Å²) >= 11 is 2.94. The number of ketones is 1. The molecular formula is C12H11BrFNO4. The van der Waals surface area contributed by atoms with Gasteiger partial charge in [-0.05, 0) is 35.0 Å². The molecule has 3 N–H and O–H groups in total. The van der Waals surface area contributed by atoms with E-state index in [4.69, 9.17) is 5.73 Å². The van der Waals surface area contributed by atoms with E-state index in [0.29, 0.717) is 0 Å². The number of benzene rings is 1. The molecule has 1 saturated heterocycles. The quantitative estimate of drug-likeness (QED) is 0.369. The topological polar surface area (TPSA) is 89.6 Å². The second-order valence-electron chi connectivity index (χ2n) is 4.58. The molecule has 0 spiro atoms. The van der Waals surface area contributed by atoms with Gasteiger partial charge in [0.05, 0.1) is 10.2 Å². The molecule has 1 aromatic carbocycles. The number of rotatable bonds is 2. The number of carbonyl (C=O) groups is 2. The molecule has 19 heavy (non-hydrogen) atoms. The first-order chi connectivity index (χ1) is 8.75. The molecule has 2 unspecified atom stereocenters. The van der Waals surface area contributed by atoms with Gasteiger partial charge in [0.15, 0.2) is 17.5 Å². The predicted octanol–water partition coefficient (Wildman–Crippen LogP) is 1.28. The molecule has 7 heteroatoms. The van der Waals surface area contributed by atoms with E-state index >= 15 is 0 Å². The SMILES string of the molecule is CC1(O)COC(=O)C1C(=O)c1ccc(Br)c(F)c1N. The molecule has 0 bridgehead atoms. The summed E-state index contributed by atoms with van der Waals surface area (Å²) < 4.78 is 18.4. The lowest BCUT2D eigenvalue weighted by molar-refractivity contribution is -0.140. The van der Waals surface area contributed by atoms with Crippen LogP contribution >= 0.6 is 15.9 Å². The van der Waals surface area contributed by atoms with Gasteiger partial charge >= 0.3 is 5.97 Å². The van der Waals surface area contributed by atoms with Crippen molar-refractivity contribution in [3.63, 3.8) is 0 Å². The molecule has 0 aliphatic carbocycles. The van der Waals surface area contributed by atoms with Crippen LogP contribution in [0.25, 0.3) is 0 Å².